The van der Waals surface area contributed by atoms with E-state index in [4.69, 9.17) is 8.94 Å². The first-order valence-corrected chi connectivity index (χ1v) is 9.36. The van der Waals surface area contributed by atoms with Crippen LogP contribution in [0.1, 0.15) is 16.1 Å². The molecule has 1 amide bonds. The quantitative estimate of drug-likeness (QED) is 0.429. The number of fused-ring (bicyclic) bond motifs is 2. The minimum atomic E-state index is -0.445. The second-order valence-electron chi connectivity index (χ2n) is 6.97. The Morgan fingerprint density at radius 2 is 1.84 bits per heavy atom. The fraction of sp³-hybridized carbons (Fsp3) is 0.0435. The van der Waals surface area contributed by atoms with Gasteiger partial charge in [0.05, 0.1) is 22.3 Å². The van der Waals surface area contributed by atoms with Gasteiger partial charge in [-0.1, -0.05) is 5.16 Å². The minimum Gasteiger partial charge on any atom is -0.423 e. The van der Waals surface area contributed by atoms with E-state index < -0.39 is 11.5 Å². The summed E-state index contributed by atoms with van der Waals surface area (Å²) in [6.45, 7) is 1.72. The highest BCUT2D eigenvalue weighted by Gasteiger charge is 2.20. The summed E-state index contributed by atoms with van der Waals surface area (Å²) in [5.74, 6) is -0.760. The van der Waals surface area contributed by atoms with Crippen LogP contribution in [-0.4, -0.2) is 16.0 Å². The Hall–Kier alpha value is -4.33. The monoisotopic (exact) mass is 415 g/mol. The molecule has 0 radical (unpaired) electrons. The molecule has 8 heteroatoms. The molecule has 0 fully saturated rings. The van der Waals surface area contributed by atoms with E-state index >= 15 is 0 Å². The molecule has 0 aliphatic carbocycles. The van der Waals surface area contributed by atoms with Gasteiger partial charge in [0.2, 0.25) is 0 Å². The van der Waals surface area contributed by atoms with Crippen molar-refractivity contribution in [1.29, 1.82) is 0 Å². The molecule has 152 valence electrons. The molecular formula is C23H14FN3O4. The van der Waals surface area contributed by atoms with E-state index in [0.717, 1.165) is 0 Å². The lowest BCUT2D eigenvalue weighted by molar-refractivity contribution is 0.102. The molecule has 0 aliphatic rings. The van der Waals surface area contributed by atoms with Gasteiger partial charge in [-0.15, -0.1) is 0 Å². The minimum absolute atomic E-state index is 0.213. The van der Waals surface area contributed by atoms with Gasteiger partial charge in [-0.2, -0.15) is 0 Å². The molecule has 1 N–H and O–H groups in total. The molecule has 0 bridgehead atoms. The highest BCUT2D eigenvalue weighted by molar-refractivity contribution is 6.13. The molecule has 0 atom stereocenters. The number of aryl methyl sites for hydroxylation is 1. The molecule has 0 aliphatic heterocycles. The van der Waals surface area contributed by atoms with Gasteiger partial charge in [-0.05, 0) is 61.5 Å². The first-order chi connectivity index (χ1) is 15.0. The Balaban J connectivity index is 1.57. The van der Waals surface area contributed by atoms with Crippen LogP contribution < -0.4 is 10.9 Å². The van der Waals surface area contributed by atoms with Crippen LogP contribution in [0.5, 0.6) is 0 Å². The number of anilines is 1. The number of aromatic nitrogens is 2. The van der Waals surface area contributed by atoms with Crippen molar-refractivity contribution in [2.45, 2.75) is 6.92 Å². The molecule has 31 heavy (non-hydrogen) atoms. The number of hydrogen-bond acceptors (Lipinski definition) is 6. The zero-order chi connectivity index (χ0) is 21.5. The maximum atomic E-state index is 13.3. The van der Waals surface area contributed by atoms with Gasteiger partial charge in [0.1, 0.15) is 11.4 Å². The topological polar surface area (TPSA) is 98.2 Å². The van der Waals surface area contributed by atoms with Gasteiger partial charge in [-0.25, -0.2) is 14.2 Å². The van der Waals surface area contributed by atoms with Crippen LogP contribution in [0, 0.1) is 12.7 Å². The second kappa shape index (κ2) is 7.17. The average Bonchev–Trinajstić information content (AvgIpc) is 3.14. The molecule has 7 nitrogen and oxygen atoms in total. The zero-order valence-electron chi connectivity index (χ0n) is 16.2. The summed E-state index contributed by atoms with van der Waals surface area (Å²) in [4.78, 5) is 28.9. The number of nitrogens with zero attached hydrogens (tertiary/aromatic N) is 2. The first-order valence-electron chi connectivity index (χ1n) is 9.36. The van der Waals surface area contributed by atoms with Gasteiger partial charge >= 0.3 is 5.63 Å². The number of benzene rings is 2. The maximum Gasteiger partial charge on any atom is 0.336 e. The number of pyridine rings is 1. The normalized spacial score (nSPS) is 11.2. The molecule has 0 saturated heterocycles. The Morgan fingerprint density at radius 1 is 1.03 bits per heavy atom. The lowest BCUT2D eigenvalue weighted by atomic mass is 10.0. The van der Waals surface area contributed by atoms with Crippen LogP contribution in [0.3, 0.4) is 0 Å². The zero-order valence-corrected chi connectivity index (χ0v) is 16.2. The number of carbonyl (C=O) groups is 1. The van der Waals surface area contributed by atoms with Crippen LogP contribution >= 0.6 is 0 Å². The summed E-state index contributed by atoms with van der Waals surface area (Å²) in [6, 6.07) is 15.3. The molecule has 3 heterocycles. The number of halogens is 1. The second-order valence-corrected chi connectivity index (χ2v) is 6.97. The Bertz CT molecular complexity index is 1520. The van der Waals surface area contributed by atoms with Crippen molar-refractivity contribution in [2.75, 3.05) is 5.32 Å². The molecule has 5 aromatic rings. The fourth-order valence-electron chi connectivity index (χ4n) is 3.39. The van der Waals surface area contributed by atoms with Gasteiger partial charge in [0, 0.05) is 22.7 Å². The van der Waals surface area contributed by atoms with Crippen molar-refractivity contribution < 1.29 is 18.1 Å². The van der Waals surface area contributed by atoms with E-state index in [2.05, 4.69) is 15.5 Å². The lowest BCUT2D eigenvalue weighted by Crippen LogP contribution is -2.13. The van der Waals surface area contributed by atoms with Crippen molar-refractivity contribution in [3.63, 3.8) is 0 Å². The van der Waals surface area contributed by atoms with Crippen molar-refractivity contribution >= 4 is 33.7 Å². The van der Waals surface area contributed by atoms with Crippen LogP contribution in [0.2, 0.25) is 0 Å². The van der Waals surface area contributed by atoms with E-state index in [1.807, 2.05) is 0 Å². The van der Waals surface area contributed by atoms with Gasteiger partial charge in [-0.3, -0.25) is 4.79 Å². The predicted octanol–water partition coefficient (Wildman–Crippen LogP) is 4.70. The summed E-state index contributed by atoms with van der Waals surface area (Å²) >= 11 is 0. The number of rotatable bonds is 3. The molecular weight excluding hydrogens is 401 g/mol. The van der Waals surface area contributed by atoms with Crippen LogP contribution in [0.25, 0.3) is 33.3 Å². The molecule has 0 unspecified atom stereocenters. The van der Waals surface area contributed by atoms with Crippen LogP contribution in [0.4, 0.5) is 10.1 Å². The van der Waals surface area contributed by atoms with Gasteiger partial charge < -0.3 is 14.3 Å². The Labute approximate surface area is 174 Å². The Kier molecular flexibility index (Phi) is 4.32. The van der Waals surface area contributed by atoms with Crippen LogP contribution in [0.15, 0.2) is 74.4 Å². The van der Waals surface area contributed by atoms with E-state index in [1.54, 1.807) is 49.4 Å². The van der Waals surface area contributed by atoms with Crippen molar-refractivity contribution in [2.24, 2.45) is 0 Å². The predicted molar refractivity (Wildman–Crippen MR) is 112 cm³/mol. The van der Waals surface area contributed by atoms with Crippen molar-refractivity contribution in [1.82, 2.24) is 10.1 Å². The number of hydrogen-bond donors (Lipinski definition) is 1. The number of nitrogens with one attached hydrogen (secondary N) is 1. The van der Waals surface area contributed by atoms with E-state index in [9.17, 15) is 14.0 Å². The molecule has 5 rings (SSSR count). The van der Waals surface area contributed by atoms with Crippen molar-refractivity contribution in [3.05, 3.63) is 88.2 Å². The lowest BCUT2D eigenvalue weighted by Gasteiger charge is -2.09. The third kappa shape index (κ3) is 3.44. The standard InChI is InChI=1S/C23H14FN3O4/c1-12-21-17(11-18(26-23(21)31-27-12)13-2-5-15(24)6-3-13)22(29)25-16-7-8-19-14(10-16)4-9-20(28)30-19/h2-11H,1H3,(H,25,29). The third-order valence-electron chi connectivity index (χ3n) is 4.88. The van der Waals surface area contributed by atoms with E-state index in [1.165, 1.54) is 18.2 Å². The highest BCUT2D eigenvalue weighted by Crippen LogP contribution is 2.28. The summed E-state index contributed by atoms with van der Waals surface area (Å²) in [7, 11) is 0. The average molecular weight is 415 g/mol. The van der Waals surface area contributed by atoms with E-state index in [0.29, 0.717) is 44.6 Å². The van der Waals surface area contributed by atoms with Crippen molar-refractivity contribution in [3.8, 4) is 11.3 Å². The SMILES string of the molecule is Cc1noc2nc(-c3ccc(F)cc3)cc(C(=O)Nc3ccc4oc(=O)ccc4c3)c12. The first kappa shape index (κ1) is 18.7. The van der Waals surface area contributed by atoms with Gasteiger partial charge in [0.15, 0.2) is 0 Å². The molecule has 2 aromatic carbocycles. The maximum absolute atomic E-state index is 13.3. The fourth-order valence-corrected chi connectivity index (χ4v) is 3.39. The Morgan fingerprint density at radius 3 is 2.65 bits per heavy atom. The summed E-state index contributed by atoms with van der Waals surface area (Å²) in [6.07, 6.45) is 0. The highest BCUT2D eigenvalue weighted by atomic mass is 19.1. The number of amides is 1. The summed E-state index contributed by atoms with van der Waals surface area (Å²) < 4.78 is 23.7. The largest absolute Gasteiger partial charge is 0.423 e. The molecule has 0 saturated carbocycles. The van der Waals surface area contributed by atoms with Crippen LogP contribution in [-0.2, 0) is 0 Å². The smallest absolute Gasteiger partial charge is 0.336 e. The molecule has 0 spiro atoms. The summed E-state index contributed by atoms with van der Waals surface area (Å²) in [5, 5.41) is 7.94. The summed E-state index contributed by atoms with van der Waals surface area (Å²) in [5.41, 5.74) is 2.64. The van der Waals surface area contributed by atoms with Gasteiger partial charge in [0.25, 0.3) is 11.6 Å². The number of carbonyl (C=O) groups excluding carboxylic acids is 1. The van der Waals surface area contributed by atoms with E-state index in [-0.39, 0.29) is 11.5 Å². The molecule has 3 aromatic heterocycles. The third-order valence-corrected chi connectivity index (χ3v) is 4.88.